The second-order valence-corrected chi connectivity index (χ2v) is 6.14. The van der Waals surface area contributed by atoms with E-state index in [1.807, 2.05) is 0 Å². The number of rotatable bonds is 5. The first-order valence-electron chi connectivity index (χ1n) is 8.07. The van der Waals surface area contributed by atoms with E-state index in [0.29, 0.717) is 0 Å². The van der Waals surface area contributed by atoms with Crippen LogP contribution in [0.15, 0.2) is 42.5 Å². The Hall–Kier alpha value is -2.06. The fourth-order valence-electron chi connectivity index (χ4n) is 3.03. The Morgan fingerprint density at radius 1 is 0.909 bits per heavy atom. The SMILES string of the molecule is Cc1ccc(-c2[nH]c3ccc(C)cc3c2CCCCN)cc1. The van der Waals surface area contributed by atoms with Gasteiger partial charge in [-0.25, -0.2) is 0 Å². The van der Waals surface area contributed by atoms with Crippen LogP contribution in [0.3, 0.4) is 0 Å². The number of nitrogens with one attached hydrogen (secondary N) is 1. The van der Waals surface area contributed by atoms with E-state index in [4.69, 9.17) is 5.73 Å². The molecule has 3 N–H and O–H groups in total. The van der Waals surface area contributed by atoms with E-state index in [1.165, 1.54) is 38.9 Å². The third kappa shape index (κ3) is 2.93. The fourth-order valence-corrected chi connectivity index (χ4v) is 3.03. The average molecular weight is 292 g/mol. The number of aryl methyl sites for hydroxylation is 3. The highest BCUT2D eigenvalue weighted by Gasteiger charge is 2.13. The first-order valence-corrected chi connectivity index (χ1v) is 8.07. The topological polar surface area (TPSA) is 41.8 Å². The summed E-state index contributed by atoms with van der Waals surface area (Å²) in [6, 6.07) is 15.4. The van der Waals surface area contributed by atoms with Crippen molar-refractivity contribution in [3.63, 3.8) is 0 Å². The minimum Gasteiger partial charge on any atom is -0.354 e. The largest absolute Gasteiger partial charge is 0.354 e. The summed E-state index contributed by atoms with van der Waals surface area (Å²) in [5.41, 5.74) is 13.4. The van der Waals surface area contributed by atoms with E-state index in [9.17, 15) is 0 Å². The van der Waals surface area contributed by atoms with E-state index in [-0.39, 0.29) is 0 Å². The van der Waals surface area contributed by atoms with Crippen LogP contribution in [-0.4, -0.2) is 11.5 Å². The van der Waals surface area contributed by atoms with Crippen molar-refractivity contribution in [3.05, 3.63) is 59.2 Å². The zero-order chi connectivity index (χ0) is 15.5. The van der Waals surface area contributed by atoms with Crippen molar-refractivity contribution in [2.75, 3.05) is 6.54 Å². The van der Waals surface area contributed by atoms with Crippen LogP contribution < -0.4 is 5.73 Å². The van der Waals surface area contributed by atoms with Gasteiger partial charge >= 0.3 is 0 Å². The molecule has 0 atom stereocenters. The highest BCUT2D eigenvalue weighted by Crippen LogP contribution is 2.32. The van der Waals surface area contributed by atoms with Crippen molar-refractivity contribution >= 4 is 10.9 Å². The summed E-state index contributed by atoms with van der Waals surface area (Å²) in [5.74, 6) is 0. The summed E-state index contributed by atoms with van der Waals surface area (Å²) in [4.78, 5) is 3.62. The van der Waals surface area contributed by atoms with Crippen molar-refractivity contribution in [3.8, 4) is 11.3 Å². The smallest absolute Gasteiger partial charge is 0.0497 e. The summed E-state index contributed by atoms with van der Waals surface area (Å²) < 4.78 is 0. The van der Waals surface area contributed by atoms with Crippen molar-refractivity contribution < 1.29 is 0 Å². The molecule has 2 nitrogen and oxygen atoms in total. The van der Waals surface area contributed by atoms with Gasteiger partial charge in [0.25, 0.3) is 0 Å². The lowest BCUT2D eigenvalue weighted by atomic mass is 9.99. The van der Waals surface area contributed by atoms with Gasteiger partial charge in [-0.2, -0.15) is 0 Å². The minimum atomic E-state index is 0.765. The van der Waals surface area contributed by atoms with Gasteiger partial charge in [-0.1, -0.05) is 41.5 Å². The lowest BCUT2D eigenvalue weighted by molar-refractivity contribution is 0.748. The van der Waals surface area contributed by atoms with Crippen LogP contribution in [0.4, 0.5) is 0 Å². The zero-order valence-corrected chi connectivity index (χ0v) is 13.4. The molecule has 114 valence electrons. The Labute approximate surface area is 132 Å². The molecule has 0 saturated heterocycles. The van der Waals surface area contributed by atoms with Crippen LogP contribution >= 0.6 is 0 Å². The molecule has 0 saturated carbocycles. The van der Waals surface area contributed by atoms with Gasteiger partial charge < -0.3 is 10.7 Å². The molecule has 3 aromatic rings. The zero-order valence-electron chi connectivity index (χ0n) is 13.4. The van der Waals surface area contributed by atoms with Crippen molar-refractivity contribution in [2.24, 2.45) is 5.73 Å². The maximum absolute atomic E-state index is 5.66. The monoisotopic (exact) mass is 292 g/mol. The number of aromatic nitrogens is 1. The maximum Gasteiger partial charge on any atom is 0.0497 e. The lowest BCUT2D eigenvalue weighted by Crippen LogP contribution is -1.99. The van der Waals surface area contributed by atoms with Crippen LogP contribution in [-0.2, 0) is 6.42 Å². The maximum atomic E-state index is 5.66. The fraction of sp³-hybridized carbons (Fsp3) is 0.300. The number of unbranched alkanes of at least 4 members (excludes halogenated alkanes) is 1. The molecule has 0 amide bonds. The molecule has 0 aliphatic heterocycles. The minimum absolute atomic E-state index is 0.765. The van der Waals surface area contributed by atoms with Gasteiger partial charge in [-0.05, 0) is 62.9 Å². The highest BCUT2D eigenvalue weighted by atomic mass is 14.7. The van der Waals surface area contributed by atoms with Gasteiger partial charge in [-0.3, -0.25) is 0 Å². The Bertz CT molecular complexity index is 766. The lowest BCUT2D eigenvalue weighted by Gasteiger charge is -2.06. The molecule has 22 heavy (non-hydrogen) atoms. The van der Waals surface area contributed by atoms with Gasteiger partial charge in [0.1, 0.15) is 0 Å². The number of aromatic amines is 1. The summed E-state index contributed by atoms with van der Waals surface area (Å²) in [5, 5.41) is 1.35. The van der Waals surface area contributed by atoms with Gasteiger partial charge in [-0.15, -0.1) is 0 Å². The summed E-state index contributed by atoms with van der Waals surface area (Å²) in [7, 11) is 0. The molecule has 0 aliphatic carbocycles. The molecule has 0 spiro atoms. The number of hydrogen-bond donors (Lipinski definition) is 2. The highest BCUT2D eigenvalue weighted by molar-refractivity contribution is 5.91. The first-order chi connectivity index (χ1) is 10.7. The molecule has 0 radical (unpaired) electrons. The summed E-state index contributed by atoms with van der Waals surface area (Å²) in [6.07, 6.45) is 3.28. The standard InChI is InChI=1S/C20H24N2/c1-14-6-9-16(10-7-14)20-17(5-3-4-12-21)18-13-15(2)8-11-19(18)22-20/h6-11,13,22H,3-5,12,21H2,1-2H3. The Morgan fingerprint density at radius 2 is 1.64 bits per heavy atom. The molecular formula is C20H24N2. The number of nitrogens with two attached hydrogens (primary N) is 1. The molecule has 1 heterocycles. The summed E-state index contributed by atoms with van der Waals surface area (Å²) in [6.45, 7) is 5.05. The molecule has 0 bridgehead atoms. The summed E-state index contributed by atoms with van der Waals surface area (Å²) >= 11 is 0. The van der Waals surface area contributed by atoms with Gasteiger partial charge in [0.05, 0.1) is 0 Å². The Morgan fingerprint density at radius 3 is 2.36 bits per heavy atom. The van der Waals surface area contributed by atoms with E-state index < -0.39 is 0 Å². The number of fused-ring (bicyclic) bond motifs is 1. The molecule has 0 aliphatic rings. The Kier molecular flexibility index (Phi) is 4.30. The first kappa shape index (κ1) is 14.9. The predicted molar refractivity (Wildman–Crippen MR) is 95.2 cm³/mol. The van der Waals surface area contributed by atoms with E-state index >= 15 is 0 Å². The molecule has 2 aromatic carbocycles. The molecule has 1 aromatic heterocycles. The predicted octanol–water partition coefficient (Wildman–Crippen LogP) is 4.73. The van der Waals surface area contributed by atoms with Crippen LogP contribution in [0.2, 0.25) is 0 Å². The van der Waals surface area contributed by atoms with Gasteiger partial charge in [0.2, 0.25) is 0 Å². The third-order valence-corrected chi connectivity index (χ3v) is 4.28. The van der Waals surface area contributed by atoms with Crippen LogP contribution in [0.1, 0.15) is 29.5 Å². The molecular weight excluding hydrogens is 268 g/mol. The quantitative estimate of drug-likeness (QED) is 0.656. The van der Waals surface area contributed by atoms with Crippen LogP contribution in [0.5, 0.6) is 0 Å². The van der Waals surface area contributed by atoms with Gasteiger partial charge in [0.15, 0.2) is 0 Å². The van der Waals surface area contributed by atoms with Crippen LogP contribution in [0, 0.1) is 13.8 Å². The van der Waals surface area contributed by atoms with Crippen molar-refractivity contribution in [2.45, 2.75) is 33.1 Å². The third-order valence-electron chi connectivity index (χ3n) is 4.28. The van der Waals surface area contributed by atoms with Gasteiger partial charge in [0, 0.05) is 16.6 Å². The number of benzene rings is 2. The normalized spacial score (nSPS) is 11.2. The molecule has 2 heteroatoms. The van der Waals surface area contributed by atoms with E-state index in [1.54, 1.807) is 0 Å². The van der Waals surface area contributed by atoms with E-state index in [0.717, 1.165) is 25.8 Å². The molecule has 3 rings (SSSR count). The number of H-pyrrole nitrogens is 1. The van der Waals surface area contributed by atoms with E-state index in [2.05, 4.69) is 61.3 Å². The Balaban J connectivity index is 2.10. The van der Waals surface area contributed by atoms with Crippen molar-refractivity contribution in [1.82, 2.24) is 4.98 Å². The number of hydrogen-bond acceptors (Lipinski definition) is 1. The van der Waals surface area contributed by atoms with Crippen LogP contribution in [0.25, 0.3) is 22.2 Å². The second kappa shape index (κ2) is 6.37. The van der Waals surface area contributed by atoms with Crippen molar-refractivity contribution in [1.29, 1.82) is 0 Å². The molecule has 0 fully saturated rings. The second-order valence-electron chi connectivity index (χ2n) is 6.14. The average Bonchev–Trinajstić information content (AvgIpc) is 2.86. The molecule has 0 unspecified atom stereocenters.